The summed E-state index contributed by atoms with van der Waals surface area (Å²) in [5.74, 6) is 0. The van der Waals surface area contributed by atoms with Crippen molar-refractivity contribution in [1.82, 2.24) is 14.3 Å². The summed E-state index contributed by atoms with van der Waals surface area (Å²) in [5, 5.41) is 9.34. The zero-order valence-electron chi connectivity index (χ0n) is 11.5. The van der Waals surface area contributed by atoms with Gasteiger partial charge in [-0.05, 0) is 38.6 Å². The molecule has 0 aliphatic heterocycles. The van der Waals surface area contributed by atoms with Crippen molar-refractivity contribution in [2.24, 2.45) is 0 Å². The van der Waals surface area contributed by atoms with Crippen LogP contribution < -0.4 is 5.56 Å². The summed E-state index contributed by atoms with van der Waals surface area (Å²) in [4.78, 5) is 18.4. The van der Waals surface area contributed by atoms with Crippen LogP contribution >= 0.6 is 0 Å². The van der Waals surface area contributed by atoms with E-state index >= 15 is 0 Å². The van der Waals surface area contributed by atoms with Gasteiger partial charge in [0.25, 0.3) is 5.56 Å². The molecule has 0 saturated carbocycles. The van der Waals surface area contributed by atoms with E-state index in [4.69, 9.17) is 0 Å². The average molecular weight is 261 g/mol. The van der Waals surface area contributed by atoms with Crippen molar-refractivity contribution in [2.75, 3.05) is 13.6 Å². The number of nitrogens with zero attached hydrogens (tertiary/aromatic N) is 3. The summed E-state index contributed by atoms with van der Waals surface area (Å²) in [6, 6.07) is 5.32. The lowest BCUT2D eigenvalue weighted by Crippen LogP contribution is -2.28. The first kappa shape index (κ1) is 13.7. The van der Waals surface area contributed by atoms with Crippen molar-refractivity contribution >= 4 is 5.65 Å². The van der Waals surface area contributed by atoms with Crippen molar-refractivity contribution in [2.45, 2.75) is 26.5 Å². The maximum Gasteiger partial charge on any atom is 0.258 e. The highest BCUT2D eigenvalue weighted by atomic mass is 16.3. The third-order valence-corrected chi connectivity index (χ3v) is 2.88. The number of aryl methyl sites for hydroxylation is 1. The molecule has 1 N–H and O–H groups in total. The average Bonchev–Trinajstić information content (AvgIpc) is 2.26. The van der Waals surface area contributed by atoms with Gasteiger partial charge in [-0.2, -0.15) is 0 Å². The molecule has 2 rings (SSSR count). The first-order valence-corrected chi connectivity index (χ1v) is 6.31. The van der Waals surface area contributed by atoms with Gasteiger partial charge >= 0.3 is 0 Å². The van der Waals surface area contributed by atoms with Crippen LogP contribution in [0.15, 0.2) is 29.2 Å². The molecule has 0 saturated heterocycles. The minimum atomic E-state index is -0.395. The van der Waals surface area contributed by atoms with Crippen LogP contribution in [0, 0.1) is 6.92 Å². The molecule has 0 aromatic carbocycles. The molecule has 0 aliphatic carbocycles. The highest BCUT2D eigenvalue weighted by Crippen LogP contribution is 2.05. The summed E-state index contributed by atoms with van der Waals surface area (Å²) in [6.07, 6.45) is 1.34. The number of aliphatic hydroxyl groups excluding tert-OH is 1. The fourth-order valence-electron chi connectivity index (χ4n) is 2.13. The molecule has 19 heavy (non-hydrogen) atoms. The molecule has 102 valence electrons. The van der Waals surface area contributed by atoms with Crippen LogP contribution in [0.4, 0.5) is 0 Å². The summed E-state index contributed by atoms with van der Waals surface area (Å²) in [6.45, 7) is 4.81. The molecule has 0 aliphatic rings. The lowest BCUT2D eigenvalue weighted by molar-refractivity contribution is 0.138. The van der Waals surface area contributed by atoms with Gasteiger partial charge in [0, 0.05) is 25.4 Å². The fourth-order valence-corrected chi connectivity index (χ4v) is 2.13. The van der Waals surface area contributed by atoms with Gasteiger partial charge in [0.2, 0.25) is 0 Å². The number of aromatic nitrogens is 2. The fraction of sp³-hybridized carbons (Fsp3) is 0.429. The Morgan fingerprint density at radius 3 is 2.89 bits per heavy atom. The maximum atomic E-state index is 12.0. The number of likely N-dealkylation sites (N-methyl/N-ethyl adjacent to an activating group) is 1. The maximum absolute atomic E-state index is 12.0. The Bertz CT molecular complexity index is 634. The predicted molar refractivity (Wildman–Crippen MR) is 74.2 cm³/mol. The molecule has 0 amide bonds. The van der Waals surface area contributed by atoms with E-state index in [1.54, 1.807) is 19.2 Å². The molecular weight excluding hydrogens is 242 g/mol. The third-order valence-electron chi connectivity index (χ3n) is 2.88. The van der Waals surface area contributed by atoms with Crippen molar-refractivity contribution in [1.29, 1.82) is 0 Å². The lowest BCUT2D eigenvalue weighted by atomic mass is 10.3. The molecule has 0 bridgehead atoms. The van der Waals surface area contributed by atoms with Gasteiger partial charge in [-0.3, -0.25) is 14.1 Å². The quantitative estimate of drug-likeness (QED) is 0.885. The smallest absolute Gasteiger partial charge is 0.258 e. The second-order valence-electron chi connectivity index (χ2n) is 5.06. The van der Waals surface area contributed by atoms with E-state index in [1.165, 1.54) is 4.40 Å². The Balaban J connectivity index is 2.32. The van der Waals surface area contributed by atoms with E-state index in [1.807, 2.05) is 31.0 Å². The zero-order chi connectivity index (χ0) is 14.0. The van der Waals surface area contributed by atoms with E-state index < -0.39 is 6.10 Å². The molecule has 0 fully saturated rings. The molecule has 0 radical (unpaired) electrons. The summed E-state index contributed by atoms with van der Waals surface area (Å²) in [7, 11) is 1.90. The molecular formula is C14H19N3O2. The summed E-state index contributed by atoms with van der Waals surface area (Å²) < 4.78 is 1.53. The van der Waals surface area contributed by atoms with Crippen LogP contribution in [0.1, 0.15) is 18.2 Å². The van der Waals surface area contributed by atoms with Gasteiger partial charge in [-0.15, -0.1) is 0 Å². The number of rotatable bonds is 4. The number of fused-ring (bicyclic) bond motifs is 1. The van der Waals surface area contributed by atoms with Crippen molar-refractivity contribution in [3.63, 3.8) is 0 Å². The monoisotopic (exact) mass is 261 g/mol. The number of hydrogen-bond acceptors (Lipinski definition) is 4. The Labute approximate surface area is 112 Å². The summed E-state index contributed by atoms with van der Waals surface area (Å²) in [5.41, 5.74) is 2.37. The van der Waals surface area contributed by atoms with Crippen LogP contribution in [0.3, 0.4) is 0 Å². The largest absolute Gasteiger partial charge is 0.392 e. The molecule has 1 atom stereocenters. The van der Waals surface area contributed by atoms with Gasteiger partial charge in [0.1, 0.15) is 5.65 Å². The Hall–Kier alpha value is -1.72. The van der Waals surface area contributed by atoms with Crippen LogP contribution in [0.2, 0.25) is 0 Å². The van der Waals surface area contributed by atoms with E-state index in [2.05, 4.69) is 4.98 Å². The molecule has 2 aromatic rings. The van der Waals surface area contributed by atoms with Crippen molar-refractivity contribution in [3.05, 3.63) is 46.0 Å². The molecule has 0 spiro atoms. The van der Waals surface area contributed by atoms with Gasteiger partial charge < -0.3 is 5.11 Å². The summed E-state index contributed by atoms with van der Waals surface area (Å²) >= 11 is 0. The first-order valence-electron chi connectivity index (χ1n) is 6.31. The van der Waals surface area contributed by atoms with Gasteiger partial charge in [0.15, 0.2) is 0 Å². The first-order chi connectivity index (χ1) is 8.95. The predicted octanol–water partition coefficient (Wildman–Crippen LogP) is 0.816. The van der Waals surface area contributed by atoms with Crippen molar-refractivity contribution in [3.8, 4) is 0 Å². The van der Waals surface area contributed by atoms with Crippen LogP contribution in [-0.2, 0) is 6.54 Å². The van der Waals surface area contributed by atoms with Crippen LogP contribution in [-0.4, -0.2) is 39.1 Å². The van der Waals surface area contributed by atoms with E-state index in [0.29, 0.717) is 18.7 Å². The molecule has 2 heterocycles. The van der Waals surface area contributed by atoms with Gasteiger partial charge in [-0.25, -0.2) is 4.98 Å². The van der Waals surface area contributed by atoms with Gasteiger partial charge in [0.05, 0.1) is 11.8 Å². The minimum Gasteiger partial charge on any atom is -0.392 e. The second-order valence-corrected chi connectivity index (χ2v) is 5.06. The van der Waals surface area contributed by atoms with Crippen LogP contribution in [0.25, 0.3) is 5.65 Å². The molecule has 5 nitrogen and oxygen atoms in total. The van der Waals surface area contributed by atoms with Crippen LogP contribution in [0.5, 0.6) is 0 Å². The van der Waals surface area contributed by atoms with E-state index in [0.717, 1.165) is 11.3 Å². The third kappa shape index (κ3) is 3.39. The number of hydrogen-bond donors (Lipinski definition) is 1. The Kier molecular flexibility index (Phi) is 3.97. The SMILES string of the molecule is Cc1ccn2c(=O)cc(CN(C)CC(C)O)nc2c1. The normalized spacial score (nSPS) is 13.1. The molecule has 5 heteroatoms. The minimum absolute atomic E-state index is 0.0783. The Morgan fingerprint density at radius 2 is 2.21 bits per heavy atom. The second kappa shape index (κ2) is 5.50. The zero-order valence-corrected chi connectivity index (χ0v) is 11.5. The highest BCUT2D eigenvalue weighted by molar-refractivity contribution is 5.41. The molecule has 2 aromatic heterocycles. The van der Waals surface area contributed by atoms with Gasteiger partial charge in [-0.1, -0.05) is 0 Å². The highest BCUT2D eigenvalue weighted by Gasteiger charge is 2.07. The topological polar surface area (TPSA) is 57.8 Å². The Morgan fingerprint density at radius 1 is 1.47 bits per heavy atom. The number of aliphatic hydroxyl groups is 1. The number of pyridine rings is 1. The van der Waals surface area contributed by atoms with Crippen molar-refractivity contribution < 1.29 is 5.11 Å². The van der Waals surface area contributed by atoms with E-state index in [-0.39, 0.29) is 5.56 Å². The standard InChI is InChI=1S/C14H19N3O2/c1-10-4-5-17-13(6-10)15-12(7-14(17)19)9-16(3)8-11(2)18/h4-7,11,18H,8-9H2,1-3H3. The van der Waals surface area contributed by atoms with E-state index in [9.17, 15) is 9.90 Å². The molecule has 1 unspecified atom stereocenters. The lowest BCUT2D eigenvalue weighted by Gasteiger charge is -2.17.